The first-order valence-corrected chi connectivity index (χ1v) is 5.21. The molecule has 1 aromatic rings. The standard InChI is InChI=1S/C11H15NS/c1-8(2)7-13-10-4-5-11(12)9(3)6-10/h4-6H,1,7,12H2,2-3H3. The lowest BCUT2D eigenvalue weighted by Crippen LogP contribution is -1.89. The number of benzene rings is 1. The molecule has 0 aliphatic rings. The molecule has 0 amide bonds. The van der Waals surface area contributed by atoms with Crippen molar-refractivity contribution in [2.45, 2.75) is 18.7 Å². The van der Waals surface area contributed by atoms with Crippen LogP contribution in [0.2, 0.25) is 0 Å². The first-order chi connectivity index (χ1) is 6.09. The van der Waals surface area contributed by atoms with Crippen LogP contribution in [0.15, 0.2) is 35.2 Å². The number of thioether (sulfide) groups is 1. The molecule has 13 heavy (non-hydrogen) atoms. The summed E-state index contributed by atoms with van der Waals surface area (Å²) in [5, 5.41) is 0. The highest BCUT2D eigenvalue weighted by Crippen LogP contribution is 2.23. The van der Waals surface area contributed by atoms with E-state index in [1.165, 1.54) is 10.5 Å². The Morgan fingerprint density at radius 2 is 2.23 bits per heavy atom. The first-order valence-electron chi connectivity index (χ1n) is 4.23. The van der Waals surface area contributed by atoms with Gasteiger partial charge in [-0.15, -0.1) is 11.8 Å². The van der Waals surface area contributed by atoms with Crippen molar-refractivity contribution in [3.63, 3.8) is 0 Å². The van der Waals surface area contributed by atoms with E-state index in [2.05, 4.69) is 18.7 Å². The smallest absolute Gasteiger partial charge is 0.0344 e. The molecule has 1 rings (SSSR count). The minimum atomic E-state index is 0.861. The Labute approximate surface area is 84.0 Å². The molecule has 0 heterocycles. The van der Waals surface area contributed by atoms with Gasteiger partial charge in [0.05, 0.1) is 0 Å². The highest BCUT2D eigenvalue weighted by molar-refractivity contribution is 7.99. The maximum absolute atomic E-state index is 5.72. The minimum absolute atomic E-state index is 0.861. The van der Waals surface area contributed by atoms with E-state index in [4.69, 9.17) is 5.73 Å². The van der Waals surface area contributed by atoms with Crippen LogP contribution in [0, 0.1) is 6.92 Å². The van der Waals surface area contributed by atoms with Gasteiger partial charge in [-0.1, -0.05) is 12.2 Å². The third-order valence-corrected chi connectivity index (χ3v) is 2.95. The zero-order valence-electron chi connectivity index (χ0n) is 8.13. The molecule has 0 unspecified atom stereocenters. The molecule has 0 aromatic heterocycles. The van der Waals surface area contributed by atoms with E-state index in [-0.39, 0.29) is 0 Å². The Balaban J connectivity index is 2.68. The Bertz CT molecular complexity index is 318. The quantitative estimate of drug-likeness (QED) is 0.453. The number of nitrogen functional groups attached to an aromatic ring is 1. The summed E-state index contributed by atoms with van der Waals surface area (Å²) in [6.45, 7) is 7.93. The Morgan fingerprint density at radius 1 is 1.54 bits per heavy atom. The summed E-state index contributed by atoms with van der Waals surface area (Å²) >= 11 is 1.80. The van der Waals surface area contributed by atoms with Gasteiger partial charge in [0.2, 0.25) is 0 Å². The van der Waals surface area contributed by atoms with Crippen molar-refractivity contribution < 1.29 is 0 Å². The molecule has 1 aromatic carbocycles. The van der Waals surface area contributed by atoms with Crippen LogP contribution in [0.1, 0.15) is 12.5 Å². The van der Waals surface area contributed by atoms with E-state index in [1.54, 1.807) is 11.8 Å². The van der Waals surface area contributed by atoms with E-state index in [9.17, 15) is 0 Å². The Morgan fingerprint density at radius 3 is 2.77 bits per heavy atom. The number of nitrogens with two attached hydrogens (primary N) is 1. The number of hydrogen-bond donors (Lipinski definition) is 1. The second-order valence-corrected chi connectivity index (χ2v) is 4.31. The van der Waals surface area contributed by atoms with Crippen LogP contribution in [0.25, 0.3) is 0 Å². The van der Waals surface area contributed by atoms with E-state index in [0.717, 1.165) is 17.0 Å². The molecule has 0 bridgehead atoms. The van der Waals surface area contributed by atoms with Gasteiger partial charge in [-0.2, -0.15) is 0 Å². The van der Waals surface area contributed by atoms with Crippen LogP contribution in [-0.2, 0) is 0 Å². The molecule has 0 aliphatic carbocycles. The Kier molecular flexibility index (Phi) is 3.43. The molecule has 0 saturated heterocycles. The fourth-order valence-corrected chi connectivity index (χ4v) is 1.78. The van der Waals surface area contributed by atoms with Crippen LogP contribution >= 0.6 is 11.8 Å². The lowest BCUT2D eigenvalue weighted by Gasteiger charge is -2.04. The molecular formula is C11H15NS. The average molecular weight is 193 g/mol. The van der Waals surface area contributed by atoms with Gasteiger partial charge in [-0.3, -0.25) is 0 Å². The maximum atomic E-state index is 5.72. The predicted octanol–water partition coefficient (Wildman–Crippen LogP) is 3.25. The fourth-order valence-electron chi connectivity index (χ4n) is 0.945. The van der Waals surface area contributed by atoms with Gasteiger partial charge in [-0.25, -0.2) is 0 Å². The molecular weight excluding hydrogens is 178 g/mol. The number of aryl methyl sites for hydroxylation is 1. The van der Waals surface area contributed by atoms with Crippen LogP contribution < -0.4 is 5.73 Å². The number of rotatable bonds is 3. The third-order valence-electron chi connectivity index (χ3n) is 1.73. The summed E-state index contributed by atoms with van der Waals surface area (Å²) in [6.07, 6.45) is 0. The zero-order chi connectivity index (χ0) is 9.84. The lowest BCUT2D eigenvalue weighted by atomic mass is 10.2. The fraction of sp³-hybridized carbons (Fsp3) is 0.273. The highest BCUT2D eigenvalue weighted by Gasteiger charge is 1.97. The van der Waals surface area contributed by atoms with Crippen LogP contribution in [0.3, 0.4) is 0 Å². The molecule has 0 fully saturated rings. The molecule has 70 valence electrons. The number of anilines is 1. The van der Waals surface area contributed by atoms with Crippen LogP contribution in [-0.4, -0.2) is 5.75 Å². The van der Waals surface area contributed by atoms with Crippen molar-refractivity contribution in [3.8, 4) is 0 Å². The summed E-state index contributed by atoms with van der Waals surface area (Å²) in [6, 6.07) is 6.12. The van der Waals surface area contributed by atoms with Crippen molar-refractivity contribution in [1.82, 2.24) is 0 Å². The lowest BCUT2D eigenvalue weighted by molar-refractivity contribution is 1.35. The monoisotopic (exact) mass is 193 g/mol. The largest absolute Gasteiger partial charge is 0.399 e. The maximum Gasteiger partial charge on any atom is 0.0344 e. The topological polar surface area (TPSA) is 26.0 Å². The second kappa shape index (κ2) is 4.38. The second-order valence-electron chi connectivity index (χ2n) is 3.26. The summed E-state index contributed by atoms with van der Waals surface area (Å²) in [5.74, 6) is 0.976. The summed E-state index contributed by atoms with van der Waals surface area (Å²) in [7, 11) is 0. The molecule has 0 aliphatic heterocycles. The molecule has 0 saturated carbocycles. The average Bonchev–Trinajstić information content (AvgIpc) is 2.07. The van der Waals surface area contributed by atoms with E-state index in [1.807, 2.05) is 19.9 Å². The number of hydrogen-bond acceptors (Lipinski definition) is 2. The van der Waals surface area contributed by atoms with Crippen molar-refractivity contribution in [2.24, 2.45) is 0 Å². The van der Waals surface area contributed by atoms with E-state index >= 15 is 0 Å². The predicted molar refractivity (Wildman–Crippen MR) is 61.1 cm³/mol. The summed E-state index contributed by atoms with van der Waals surface area (Å²) in [5.41, 5.74) is 8.92. The molecule has 0 atom stereocenters. The highest BCUT2D eigenvalue weighted by atomic mass is 32.2. The molecule has 0 radical (unpaired) electrons. The zero-order valence-corrected chi connectivity index (χ0v) is 8.95. The van der Waals surface area contributed by atoms with Gasteiger partial charge < -0.3 is 5.73 Å². The summed E-state index contributed by atoms with van der Waals surface area (Å²) < 4.78 is 0. The van der Waals surface area contributed by atoms with Crippen LogP contribution in [0.5, 0.6) is 0 Å². The SMILES string of the molecule is C=C(C)CSc1ccc(N)c(C)c1. The van der Waals surface area contributed by atoms with Crippen LogP contribution in [0.4, 0.5) is 5.69 Å². The van der Waals surface area contributed by atoms with E-state index < -0.39 is 0 Å². The van der Waals surface area contributed by atoms with Gasteiger partial charge in [0.25, 0.3) is 0 Å². The minimum Gasteiger partial charge on any atom is -0.399 e. The van der Waals surface area contributed by atoms with Crippen molar-refractivity contribution >= 4 is 17.4 Å². The molecule has 0 spiro atoms. The molecule has 2 heteroatoms. The normalized spacial score (nSPS) is 10.0. The van der Waals surface area contributed by atoms with Crippen molar-refractivity contribution in [3.05, 3.63) is 35.9 Å². The van der Waals surface area contributed by atoms with Gasteiger partial charge in [-0.05, 0) is 37.6 Å². The molecule has 1 nitrogen and oxygen atoms in total. The van der Waals surface area contributed by atoms with Gasteiger partial charge in [0.15, 0.2) is 0 Å². The Hall–Kier alpha value is -0.890. The van der Waals surface area contributed by atoms with Gasteiger partial charge in [0.1, 0.15) is 0 Å². The first kappa shape index (κ1) is 10.2. The van der Waals surface area contributed by atoms with Crippen molar-refractivity contribution in [2.75, 3.05) is 11.5 Å². The molecule has 2 N–H and O–H groups in total. The van der Waals surface area contributed by atoms with Gasteiger partial charge >= 0.3 is 0 Å². The summed E-state index contributed by atoms with van der Waals surface area (Å²) in [4.78, 5) is 1.26. The van der Waals surface area contributed by atoms with E-state index in [0.29, 0.717) is 0 Å². The van der Waals surface area contributed by atoms with Crippen molar-refractivity contribution in [1.29, 1.82) is 0 Å². The third kappa shape index (κ3) is 3.15. The van der Waals surface area contributed by atoms with Gasteiger partial charge in [0, 0.05) is 16.3 Å².